The number of amides is 2. The smallest absolute Gasteiger partial charge is 0.276 e. The van der Waals surface area contributed by atoms with Crippen molar-refractivity contribution in [2.24, 2.45) is 0 Å². The van der Waals surface area contributed by atoms with Crippen LogP contribution in [0.1, 0.15) is 40.5 Å². The minimum absolute atomic E-state index is 0.00835. The zero-order valence-corrected chi connectivity index (χ0v) is 16.3. The van der Waals surface area contributed by atoms with E-state index in [1.807, 2.05) is 30.3 Å². The van der Waals surface area contributed by atoms with E-state index in [1.54, 1.807) is 22.4 Å². The Labute approximate surface area is 171 Å². The minimum Gasteiger partial charge on any atom is -0.350 e. The summed E-state index contributed by atoms with van der Waals surface area (Å²) in [6, 6.07) is 14.4. The summed E-state index contributed by atoms with van der Waals surface area (Å²) in [5.74, 6) is -0.916. The zero-order chi connectivity index (χ0) is 20.2. The quantitative estimate of drug-likeness (QED) is 0.648. The average Bonchev–Trinajstić information content (AvgIpc) is 3.43. The van der Waals surface area contributed by atoms with Crippen LogP contribution in [0, 0.1) is 5.82 Å². The van der Waals surface area contributed by atoms with Crippen LogP contribution in [-0.2, 0) is 11.3 Å². The summed E-state index contributed by atoms with van der Waals surface area (Å²) in [6.45, 7) is 0.243. The Balaban J connectivity index is 1.61. The second kappa shape index (κ2) is 8.48. The monoisotopic (exact) mass is 410 g/mol. The Morgan fingerprint density at radius 1 is 1.14 bits per heavy atom. The van der Waals surface area contributed by atoms with Crippen molar-refractivity contribution in [3.8, 4) is 0 Å². The molecule has 1 N–H and O–H groups in total. The van der Waals surface area contributed by atoms with E-state index in [4.69, 9.17) is 0 Å². The van der Waals surface area contributed by atoms with Crippen molar-refractivity contribution in [2.45, 2.75) is 31.5 Å². The predicted octanol–water partition coefficient (Wildman–Crippen LogP) is 3.34. The molecule has 0 aliphatic heterocycles. The molecule has 0 saturated heterocycles. The molecular weight excluding hydrogens is 391 g/mol. The number of nitrogens with zero attached hydrogens (tertiary/aromatic N) is 3. The molecule has 3 aromatic rings. The molecule has 6 nitrogen and oxygen atoms in total. The first-order chi connectivity index (χ1) is 14.1. The lowest BCUT2D eigenvalue weighted by Gasteiger charge is -2.31. The van der Waals surface area contributed by atoms with Crippen LogP contribution in [0.3, 0.4) is 0 Å². The second-order valence-corrected chi connectivity index (χ2v) is 7.50. The van der Waals surface area contributed by atoms with Crippen LogP contribution >= 0.6 is 11.5 Å². The number of aromatic nitrogens is 2. The third-order valence-electron chi connectivity index (χ3n) is 4.78. The van der Waals surface area contributed by atoms with Gasteiger partial charge in [-0.05, 0) is 47.6 Å². The number of halogens is 1. The first kappa shape index (κ1) is 19.2. The van der Waals surface area contributed by atoms with Gasteiger partial charge in [0.1, 0.15) is 11.9 Å². The molecule has 0 unspecified atom stereocenters. The normalized spacial score (nSPS) is 14.2. The van der Waals surface area contributed by atoms with Crippen LogP contribution in [0.25, 0.3) is 0 Å². The second-order valence-electron chi connectivity index (χ2n) is 6.89. The van der Waals surface area contributed by atoms with Crippen LogP contribution in [0.5, 0.6) is 0 Å². The van der Waals surface area contributed by atoms with Crippen molar-refractivity contribution in [1.29, 1.82) is 0 Å². The van der Waals surface area contributed by atoms with Gasteiger partial charge in [0.15, 0.2) is 5.69 Å². The van der Waals surface area contributed by atoms with E-state index in [-0.39, 0.29) is 35.9 Å². The third kappa shape index (κ3) is 4.48. The van der Waals surface area contributed by atoms with Gasteiger partial charge in [0, 0.05) is 18.0 Å². The summed E-state index contributed by atoms with van der Waals surface area (Å²) in [5.41, 5.74) is 1.75. The molecule has 1 aliphatic rings. The zero-order valence-electron chi connectivity index (χ0n) is 15.5. The van der Waals surface area contributed by atoms with Crippen LogP contribution < -0.4 is 5.32 Å². The maximum Gasteiger partial charge on any atom is 0.276 e. The molecular formula is C21H19FN4O2S. The Morgan fingerprint density at radius 2 is 1.86 bits per heavy atom. The lowest BCUT2D eigenvalue weighted by atomic mass is 10.0. The minimum atomic E-state index is -0.779. The highest BCUT2D eigenvalue weighted by atomic mass is 32.1. The lowest BCUT2D eigenvalue weighted by Crippen LogP contribution is -2.45. The molecule has 1 atom stereocenters. The number of rotatable bonds is 7. The summed E-state index contributed by atoms with van der Waals surface area (Å²) < 4.78 is 16.9. The van der Waals surface area contributed by atoms with Crippen molar-refractivity contribution in [3.63, 3.8) is 0 Å². The lowest BCUT2D eigenvalue weighted by molar-refractivity contribution is -0.126. The fourth-order valence-corrected chi connectivity index (χ4v) is 3.63. The molecule has 0 bridgehead atoms. The Hall–Kier alpha value is -3.13. The van der Waals surface area contributed by atoms with Crippen molar-refractivity contribution < 1.29 is 14.0 Å². The topological polar surface area (TPSA) is 75.2 Å². The molecule has 0 radical (unpaired) electrons. The number of hydrogen-bond donors (Lipinski definition) is 1. The van der Waals surface area contributed by atoms with Crippen molar-refractivity contribution >= 4 is 23.3 Å². The highest BCUT2D eigenvalue weighted by Crippen LogP contribution is 2.36. The number of hydrogen-bond acceptors (Lipinski definition) is 5. The summed E-state index contributed by atoms with van der Waals surface area (Å²) in [5, 5.41) is 8.38. The Kier molecular flexibility index (Phi) is 5.62. The van der Waals surface area contributed by atoms with E-state index < -0.39 is 6.04 Å². The van der Waals surface area contributed by atoms with Crippen molar-refractivity contribution in [1.82, 2.24) is 19.8 Å². The molecule has 1 aromatic heterocycles. The highest BCUT2D eigenvalue weighted by molar-refractivity contribution is 7.03. The van der Waals surface area contributed by atoms with E-state index in [0.29, 0.717) is 0 Å². The van der Waals surface area contributed by atoms with E-state index in [0.717, 1.165) is 35.5 Å². The van der Waals surface area contributed by atoms with Gasteiger partial charge in [0.25, 0.3) is 5.91 Å². The largest absolute Gasteiger partial charge is 0.350 e. The molecule has 2 aromatic carbocycles. The average molecular weight is 410 g/mol. The first-order valence-corrected chi connectivity index (χ1v) is 10.1. The molecule has 1 heterocycles. The molecule has 148 valence electrons. The van der Waals surface area contributed by atoms with Crippen LogP contribution in [0.2, 0.25) is 0 Å². The van der Waals surface area contributed by atoms with Gasteiger partial charge >= 0.3 is 0 Å². The fourth-order valence-electron chi connectivity index (χ4n) is 3.20. The van der Waals surface area contributed by atoms with Crippen LogP contribution in [0.15, 0.2) is 60.0 Å². The van der Waals surface area contributed by atoms with E-state index in [2.05, 4.69) is 14.9 Å². The van der Waals surface area contributed by atoms with Crippen molar-refractivity contribution in [2.75, 3.05) is 0 Å². The van der Waals surface area contributed by atoms with Gasteiger partial charge in [0.2, 0.25) is 5.91 Å². The first-order valence-electron chi connectivity index (χ1n) is 9.30. The molecule has 1 saturated carbocycles. The SMILES string of the molecule is O=C(NCc1ccc(F)cc1)[C@H](c1ccccc1)N(C(=O)c1csnn1)C1CC1. The summed E-state index contributed by atoms with van der Waals surface area (Å²) in [4.78, 5) is 28.0. The number of carbonyl (C=O) groups excluding carboxylic acids is 2. The predicted molar refractivity (Wildman–Crippen MR) is 107 cm³/mol. The van der Waals surface area contributed by atoms with Gasteiger partial charge in [-0.15, -0.1) is 5.10 Å². The molecule has 0 spiro atoms. The molecule has 1 aliphatic carbocycles. The standard InChI is InChI=1S/C21H19FN4O2S/c22-16-8-6-14(7-9-16)12-23-20(27)19(15-4-2-1-3-5-15)26(17-10-11-17)21(28)18-13-29-25-24-18/h1-9,13,17,19H,10-12H2,(H,23,27)/t19-/m0/s1. The van der Waals surface area contributed by atoms with Gasteiger partial charge in [-0.3, -0.25) is 9.59 Å². The molecule has 1 fully saturated rings. The summed E-state index contributed by atoms with van der Waals surface area (Å²) >= 11 is 1.10. The maximum absolute atomic E-state index is 13.2. The van der Waals surface area contributed by atoms with E-state index in [9.17, 15) is 14.0 Å². The molecule has 2 amide bonds. The third-order valence-corrected chi connectivity index (χ3v) is 5.28. The molecule has 8 heteroatoms. The maximum atomic E-state index is 13.2. The van der Waals surface area contributed by atoms with E-state index >= 15 is 0 Å². The van der Waals surface area contributed by atoms with Gasteiger partial charge in [-0.25, -0.2) is 4.39 Å². The van der Waals surface area contributed by atoms with Gasteiger partial charge < -0.3 is 10.2 Å². The number of nitrogens with one attached hydrogen (secondary N) is 1. The molecule has 4 rings (SSSR count). The summed E-state index contributed by atoms with van der Waals surface area (Å²) in [7, 11) is 0. The van der Waals surface area contributed by atoms with Crippen LogP contribution in [-0.4, -0.2) is 32.3 Å². The van der Waals surface area contributed by atoms with E-state index in [1.165, 1.54) is 12.1 Å². The number of benzene rings is 2. The van der Waals surface area contributed by atoms with Crippen molar-refractivity contribution in [3.05, 3.63) is 82.6 Å². The Morgan fingerprint density at radius 3 is 2.48 bits per heavy atom. The number of carbonyl (C=O) groups is 2. The van der Waals surface area contributed by atoms with Gasteiger partial charge in [0.05, 0.1) is 0 Å². The summed E-state index contributed by atoms with van der Waals surface area (Å²) in [6.07, 6.45) is 1.69. The van der Waals surface area contributed by atoms with Gasteiger partial charge in [-0.1, -0.05) is 47.0 Å². The highest BCUT2D eigenvalue weighted by Gasteiger charge is 2.42. The fraction of sp³-hybridized carbons (Fsp3) is 0.238. The Bertz CT molecular complexity index is 976. The van der Waals surface area contributed by atoms with Gasteiger partial charge in [-0.2, -0.15) is 0 Å². The molecule has 29 heavy (non-hydrogen) atoms. The van der Waals surface area contributed by atoms with Crippen LogP contribution in [0.4, 0.5) is 4.39 Å².